The zero-order chi connectivity index (χ0) is 21.4. The van der Waals surface area contributed by atoms with Crippen LogP contribution in [0.4, 0.5) is 11.4 Å². The number of benzene rings is 2. The third-order valence-electron chi connectivity index (χ3n) is 5.11. The number of imidazole rings is 2. The van der Waals surface area contributed by atoms with Crippen molar-refractivity contribution in [3.8, 4) is 0 Å². The number of nitro groups is 1. The number of nitro benzene ring substituents is 1. The van der Waals surface area contributed by atoms with E-state index in [1.165, 1.54) is 12.3 Å². The number of aromatic nitrogens is 4. The van der Waals surface area contributed by atoms with E-state index < -0.39 is 4.92 Å². The van der Waals surface area contributed by atoms with Gasteiger partial charge >= 0.3 is 0 Å². The molecule has 152 valence electrons. The van der Waals surface area contributed by atoms with Crippen molar-refractivity contribution < 1.29 is 9.72 Å². The number of carbonyl (C=O) groups excluding carboxylic acids is 1. The second kappa shape index (κ2) is 7.43. The number of hydrogen-bond acceptors (Lipinski definition) is 6. The van der Waals surface area contributed by atoms with Crippen LogP contribution in [0.1, 0.15) is 27.6 Å². The van der Waals surface area contributed by atoms with E-state index in [2.05, 4.69) is 15.3 Å². The maximum absolute atomic E-state index is 12.6. The molecular formula is C21H20N6O3. The summed E-state index contributed by atoms with van der Waals surface area (Å²) in [5, 5.41) is 14.7. The van der Waals surface area contributed by atoms with Crippen molar-refractivity contribution in [3.63, 3.8) is 0 Å². The van der Waals surface area contributed by atoms with E-state index in [-0.39, 0.29) is 22.9 Å². The summed E-state index contributed by atoms with van der Waals surface area (Å²) in [6, 6.07) is 10.3. The summed E-state index contributed by atoms with van der Waals surface area (Å²) in [4.78, 5) is 32.4. The van der Waals surface area contributed by atoms with Gasteiger partial charge in [-0.2, -0.15) is 0 Å². The maximum atomic E-state index is 12.6. The molecule has 0 fully saturated rings. The van der Waals surface area contributed by atoms with Gasteiger partial charge in [-0.25, -0.2) is 9.97 Å². The van der Waals surface area contributed by atoms with E-state index in [4.69, 9.17) is 0 Å². The Morgan fingerprint density at radius 2 is 2.03 bits per heavy atom. The highest BCUT2D eigenvalue weighted by Gasteiger charge is 2.21. The lowest BCUT2D eigenvalue weighted by atomic mass is 10.1. The van der Waals surface area contributed by atoms with Crippen LogP contribution in [0.15, 0.2) is 48.8 Å². The van der Waals surface area contributed by atoms with Crippen molar-refractivity contribution in [1.29, 1.82) is 0 Å². The monoisotopic (exact) mass is 404 g/mol. The van der Waals surface area contributed by atoms with Gasteiger partial charge in [0.05, 0.1) is 22.5 Å². The van der Waals surface area contributed by atoms with Gasteiger partial charge in [0.25, 0.3) is 5.69 Å². The van der Waals surface area contributed by atoms with Crippen LogP contribution in [0, 0.1) is 17.0 Å². The molecule has 2 aromatic heterocycles. The molecule has 9 heteroatoms. The van der Waals surface area contributed by atoms with Crippen molar-refractivity contribution in [2.75, 3.05) is 5.32 Å². The number of aryl methyl sites for hydroxylation is 3. The first-order valence-electron chi connectivity index (χ1n) is 9.32. The van der Waals surface area contributed by atoms with E-state index in [0.29, 0.717) is 12.2 Å². The first-order chi connectivity index (χ1) is 14.4. The summed E-state index contributed by atoms with van der Waals surface area (Å²) in [6.45, 7) is 2.32. The Labute approximate surface area is 172 Å². The van der Waals surface area contributed by atoms with Crippen LogP contribution in [0.3, 0.4) is 0 Å². The van der Waals surface area contributed by atoms with Gasteiger partial charge in [-0.1, -0.05) is 12.1 Å². The summed E-state index contributed by atoms with van der Waals surface area (Å²) >= 11 is 0. The molecule has 1 N–H and O–H groups in total. The summed E-state index contributed by atoms with van der Waals surface area (Å²) in [6.07, 6.45) is 3.16. The van der Waals surface area contributed by atoms with Gasteiger partial charge < -0.3 is 14.5 Å². The Bertz CT molecular complexity index is 1290. The molecule has 0 aliphatic heterocycles. The zero-order valence-corrected chi connectivity index (χ0v) is 16.8. The number of anilines is 1. The largest absolute Gasteiger partial charge is 0.372 e. The number of fused-ring (bicyclic) bond motifs is 1. The molecule has 0 saturated carbocycles. The Morgan fingerprint density at radius 3 is 2.70 bits per heavy atom. The van der Waals surface area contributed by atoms with Gasteiger partial charge in [0, 0.05) is 38.1 Å². The van der Waals surface area contributed by atoms with Gasteiger partial charge in [-0.15, -0.1) is 0 Å². The highest BCUT2D eigenvalue weighted by molar-refractivity contribution is 6.07. The Morgan fingerprint density at radius 1 is 1.23 bits per heavy atom. The van der Waals surface area contributed by atoms with Gasteiger partial charge in [0.2, 0.25) is 5.78 Å². The molecular weight excluding hydrogens is 384 g/mol. The van der Waals surface area contributed by atoms with Crippen molar-refractivity contribution in [2.24, 2.45) is 14.1 Å². The van der Waals surface area contributed by atoms with Gasteiger partial charge in [0.1, 0.15) is 11.5 Å². The Balaban J connectivity index is 1.63. The lowest BCUT2D eigenvalue weighted by Gasteiger charge is -2.09. The molecule has 0 bridgehead atoms. The molecule has 0 atom stereocenters. The number of ketones is 1. The van der Waals surface area contributed by atoms with E-state index in [0.717, 1.165) is 22.4 Å². The van der Waals surface area contributed by atoms with E-state index >= 15 is 0 Å². The minimum Gasteiger partial charge on any atom is -0.372 e. The molecule has 2 heterocycles. The normalized spacial score (nSPS) is 11.0. The zero-order valence-electron chi connectivity index (χ0n) is 16.8. The van der Waals surface area contributed by atoms with Crippen LogP contribution in [0.2, 0.25) is 0 Å². The number of hydrogen-bond donors (Lipinski definition) is 1. The molecule has 2 aromatic carbocycles. The number of nitrogens with zero attached hydrogens (tertiary/aromatic N) is 5. The molecule has 0 unspecified atom stereocenters. The summed E-state index contributed by atoms with van der Waals surface area (Å²) < 4.78 is 3.55. The molecule has 0 saturated heterocycles. The Kier molecular flexibility index (Phi) is 4.78. The number of nitrogens with one attached hydrogen (secondary N) is 1. The highest BCUT2D eigenvalue weighted by atomic mass is 16.6. The van der Waals surface area contributed by atoms with E-state index in [1.54, 1.807) is 29.9 Å². The lowest BCUT2D eigenvalue weighted by molar-refractivity contribution is -0.384. The van der Waals surface area contributed by atoms with Gasteiger partial charge in [-0.05, 0) is 30.7 Å². The quantitative estimate of drug-likeness (QED) is 0.300. The summed E-state index contributed by atoms with van der Waals surface area (Å²) in [5.74, 6) is 0.602. The number of carbonyl (C=O) groups is 1. The molecule has 0 aliphatic carbocycles. The average Bonchev–Trinajstić information content (AvgIpc) is 3.29. The first-order valence-corrected chi connectivity index (χ1v) is 9.32. The third-order valence-corrected chi connectivity index (χ3v) is 5.11. The number of rotatable bonds is 6. The minimum absolute atomic E-state index is 0.176. The fraction of sp³-hybridized carbons (Fsp3) is 0.190. The second-order valence-electron chi connectivity index (χ2n) is 7.06. The minimum atomic E-state index is -0.503. The molecule has 4 aromatic rings. The second-order valence-corrected chi connectivity index (χ2v) is 7.06. The van der Waals surface area contributed by atoms with Crippen LogP contribution in [-0.2, 0) is 20.6 Å². The number of para-hydroxylation sites is 1. The first kappa shape index (κ1) is 19.3. The molecule has 0 radical (unpaired) electrons. The SMILES string of the molecule is Cc1cccc2nc(CNc3ccc(C(=O)c4nccn4C)cc3[N+](=O)[O-])n(C)c12. The molecule has 4 rings (SSSR count). The van der Waals surface area contributed by atoms with Crippen molar-refractivity contribution in [3.05, 3.63) is 81.7 Å². The van der Waals surface area contributed by atoms with Crippen LogP contribution in [-0.4, -0.2) is 29.8 Å². The van der Waals surface area contributed by atoms with E-state index in [9.17, 15) is 14.9 Å². The predicted molar refractivity (Wildman–Crippen MR) is 113 cm³/mol. The maximum Gasteiger partial charge on any atom is 0.293 e. The molecule has 0 spiro atoms. The van der Waals surface area contributed by atoms with E-state index in [1.807, 2.05) is 36.7 Å². The fourth-order valence-electron chi connectivity index (χ4n) is 3.53. The van der Waals surface area contributed by atoms with Crippen LogP contribution in [0.25, 0.3) is 11.0 Å². The van der Waals surface area contributed by atoms with Crippen molar-refractivity contribution in [1.82, 2.24) is 19.1 Å². The highest BCUT2D eigenvalue weighted by Crippen LogP contribution is 2.27. The van der Waals surface area contributed by atoms with Crippen LogP contribution >= 0.6 is 0 Å². The lowest BCUT2D eigenvalue weighted by Crippen LogP contribution is -2.11. The smallest absolute Gasteiger partial charge is 0.293 e. The van der Waals surface area contributed by atoms with Crippen molar-refractivity contribution >= 4 is 28.2 Å². The molecule has 0 aliphatic rings. The third kappa shape index (κ3) is 3.30. The molecule has 30 heavy (non-hydrogen) atoms. The van der Waals surface area contributed by atoms with Crippen LogP contribution in [0.5, 0.6) is 0 Å². The standard InChI is InChI=1S/C21H20N6O3/c1-13-5-4-6-16-19(13)26(3)18(24-16)12-23-15-8-7-14(11-17(15)27(29)30)20(28)21-22-9-10-25(21)2/h4-11,23H,12H2,1-3H3. The summed E-state index contributed by atoms with van der Waals surface area (Å²) in [7, 11) is 3.62. The molecule has 0 amide bonds. The summed E-state index contributed by atoms with van der Waals surface area (Å²) in [5.41, 5.74) is 3.36. The van der Waals surface area contributed by atoms with Crippen LogP contribution < -0.4 is 5.32 Å². The van der Waals surface area contributed by atoms with Gasteiger partial charge in [0.15, 0.2) is 5.82 Å². The Hall–Kier alpha value is -4.01. The average molecular weight is 404 g/mol. The van der Waals surface area contributed by atoms with Crippen molar-refractivity contribution in [2.45, 2.75) is 13.5 Å². The molecule has 9 nitrogen and oxygen atoms in total. The fourth-order valence-corrected chi connectivity index (χ4v) is 3.53. The topological polar surface area (TPSA) is 108 Å². The van der Waals surface area contributed by atoms with Gasteiger partial charge in [-0.3, -0.25) is 14.9 Å². The predicted octanol–water partition coefficient (Wildman–Crippen LogP) is 3.37.